The topological polar surface area (TPSA) is 89.0 Å². The van der Waals surface area contributed by atoms with Crippen molar-refractivity contribution in [2.45, 2.75) is 13.0 Å². The number of carbonyl (C=O) groups is 2. The molecule has 188 valence electrons. The Hall–Kier alpha value is -3.14. The molecule has 36 heavy (non-hydrogen) atoms. The quantitative estimate of drug-likeness (QED) is 0.230. The summed E-state index contributed by atoms with van der Waals surface area (Å²) in [6.45, 7) is 0.222. The van der Waals surface area contributed by atoms with Crippen LogP contribution in [0.25, 0.3) is 0 Å². The van der Waals surface area contributed by atoms with Gasteiger partial charge in [-0.3, -0.25) is 9.59 Å². The first-order valence-corrected chi connectivity index (χ1v) is 12.1. The molecule has 0 heterocycles. The maximum atomic E-state index is 13.6. The summed E-state index contributed by atoms with van der Waals surface area (Å²) >= 11 is 15.6. The summed E-state index contributed by atoms with van der Waals surface area (Å²) in [5, 5.41) is 7.44. The second-order valence-corrected chi connectivity index (χ2v) is 9.04. The number of ether oxygens (including phenoxy) is 2. The highest BCUT2D eigenvalue weighted by Crippen LogP contribution is 2.37. The number of amides is 2. The van der Waals surface area contributed by atoms with Crippen molar-refractivity contribution >= 4 is 57.2 Å². The summed E-state index contributed by atoms with van der Waals surface area (Å²) in [7, 11) is 1.50. The van der Waals surface area contributed by atoms with Crippen molar-refractivity contribution in [2.24, 2.45) is 5.10 Å². The fourth-order valence-electron chi connectivity index (χ4n) is 3.01. The van der Waals surface area contributed by atoms with E-state index in [0.717, 1.165) is 5.56 Å². The fourth-order valence-corrected chi connectivity index (χ4v) is 4.05. The van der Waals surface area contributed by atoms with Crippen LogP contribution in [0.5, 0.6) is 11.5 Å². The van der Waals surface area contributed by atoms with Gasteiger partial charge in [0.15, 0.2) is 11.5 Å². The Labute approximate surface area is 225 Å². The smallest absolute Gasteiger partial charge is 0.254 e. The largest absolute Gasteiger partial charge is 0.493 e. The Kier molecular flexibility index (Phi) is 10.1. The number of nitrogens with zero attached hydrogens (tertiary/aromatic N) is 1. The van der Waals surface area contributed by atoms with Gasteiger partial charge >= 0.3 is 0 Å². The molecule has 7 nitrogen and oxygen atoms in total. The van der Waals surface area contributed by atoms with Gasteiger partial charge in [0, 0.05) is 28.6 Å². The van der Waals surface area contributed by atoms with E-state index in [4.69, 9.17) is 32.7 Å². The highest BCUT2D eigenvalue weighted by molar-refractivity contribution is 9.10. The van der Waals surface area contributed by atoms with Gasteiger partial charge in [-0.05, 0) is 57.9 Å². The average Bonchev–Trinajstić information content (AvgIpc) is 2.84. The van der Waals surface area contributed by atoms with E-state index in [1.807, 2.05) is 0 Å². The number of rotatable bonds is 10. The van der Waals surface area contributed by atoms with Gasteiger partial charge in [-0.2, -0.15) is 5.10 Å². The third-order valence-electron chi connectivity index (χ3n) is 4.80. The Balaban J connectivity index is 1.53. The monoisotopic (exact) mass is 595 g/mol. The summed E-state index contributed by atoms with van der Waals surface area (Å²) in [6, 6.07) is 14.2. The van der Waals surface area contributed by atoms with Crippen molar-refractivity contribution in [3.05, 3.63) is 91.6 Å². The predicted molar refractivity (Wildman–Crippen MR) is 141 cm³/mol. The number of methoxy groups -OCH3 is 1. The maximum absolute atomic E-state index is 13.6. The van der Waals surface area contributed by atoms with Crippen LogP contribution < -0.4 is 20.2 Å². The summed E-state index contributed by atoms with van der Waals surface area (Å²) in [4.78, 5) is 24.0. The standard InChI is InChI=1S/C25H21BrCl2FN3O4/c1-35-22-11-15(10-19(26)24(22)36-14-16-6-7-17(27)12-20(16)28)13-31-32-23(33)8-9-30-25(34)18-4-2-3-5-21(18)29/h2-7,10-13H,8-9,14H2,1H3,(H,30,34)(H,32,33). The second kappa shape index (κ2) is 13.2. The lowest BCUT2D eigenvalue weighted by Gasteiger charge is -2.14. The van der Waals surface area contributed by atoms with E-state index in [-0.39, 0.29) is 25.1 Å². The van der Waals surface area contributed by atoms with Gasteiger partial charge in [-0.15, -0.1) is 0 Å². The van der Waals surface area contributed by atoms with Crippen LogP contribution in [0, 0.1) is 5.82 Å². The minimum Gasteiger partial charge on any atom is -0.493 e. The van der Waals surface area contributed by atoms with Crippen molar-refractivity contribution in [1.82, 2.24) is 10.7 Å². The zero-order chi connectivity index (χ0) is 26.1. The third-order valence-corrected chi connectivity index (χ3v) is 5.97. The van der Waals surface area contributed by atoms with Crippen LogP contribution in [-0.2, 0) is 11.4 Å². The van der Waals surface area contributed by atoms with Crippen molar-refractivity contribution in [2.75, 3.05) is 13.7 Å². The van der Waals surface area contributed by atoms with Crippen LogP contribution in [0.1, 0.15) is 27.9 Å². The Bertz CT molecular complexity index is 1290. The van der Waals surface area contributed by atoms with Crippen LogP contribution >= 0.6 is 39.1 Å². The maximum Gasteiger partial charge on any atom is 0.254 e. The highest BCUT2D eigenvalue weighted by atomic mass is 79.9. The lowest BCUT2D eigenvalue weighted by atomic mass is 10.2. The minimum atomic E-state index is -0.629. The Morgan fingerprint density at radius 1 is 1.14 bits per heavy atom. The van der Waals surface area contributed by atoms with Crippen molar-refractivity contribution in [1.29, 1.82) is 0 Å². The van der Waals surface area contributed by atoms with Gasteiger partial charge in [0.05, 0.1) is 23.4 Å². The normalized spacial score (nSPS) is 10.8. The van der Waals surface area contributed by atoms with Gasteiger partial charge < -0.3 is 14.8 Å². The molecule has 0 aliphatic heterocycles. The number of halogens is 4. The molecule has 3 rings (SSSR count). The molecule has 0 fully saturated rings. The molecular weight excluding hydrogens is 576 g/mol. The van der Waals surface area contributed by atoms with Gasteiger partial charge in [-0.1, -0.05) is 41.4 Å². The number of hydrogen-bond acceptors (Lipinski definition) is 5. The van der Waals surface area contributed by atoms with E-state index >= 15 is 0 Å². The summed E-state index contributed by atoms with van der Waals surface area (Å²) in [5.41, 5.74) is 3.68. The molecule has 3 aromatic rings. The van der Waals surface area contributed by atoms with Crippen LogP contribution in [0.15, 0.2) is 64.2 Å². The molecule has 0 aromatic heterocycles. The molecule has 0 unspecified atom stereocenters. The van der Waals surface area contributed by atoms with E-state index in [0.29, 0.717) is 31.6 Å². The molecule has 11 heteroatoms. The van der Waals surface area contributed by atoms with Crippen LogP contribution in [-0.4, -0.2) is 31.7 Å². The third kappa shape index (κ3) is 7.68. The Morgan fingerprint density at radius 3 is 2.64 bits per heavy atom. The molecule has 0 saturated carbocycles. The summed E-state index contributed by atoms with van der Waals surface area (Å²) in [6.07, 6.45) is 1.40. The molecule has 0 aliphatic rings. The first kappa shape index (κ1) is 27.4. The minimum absolute atomic E-state index is 0.0254. The van der Waals surface area contributed by atoms with E-state index in [1.54, 1.807) is 36.4 Å². The SMILES string of the molecule is COc1cc(C=NNC(=O)CCNC(=O)c2ccccc2F)cc(Br)c1OCc1ccc(Cl)cc1Cl. The number of hydrazone groups is 1. The van der Waals surface area contributed by atoms with Crippen molar-refractivity contribution in [3.63, 3.8) is 0 Å². The first-order valence-electron chi connectivity index (χ1n) is 10.6. The molecule has 2 amide bonds. The van der Waals surface area contributed by atoms with Gasteiger partial charge in [0.25, 0.3) is 5.91 Å². The molecule has 0 saturated heterocycles. The number of benzene rings is 3. The lowest BCUT2D eigenvalue weighted by molar-refractivity contribution is -0.120. The molecule has 0 bridgehead atoms. The van der Waals surface area contributed by atoms with Crippen molar-refractivity contribution < 1.29 is 23.5 Å². The predicted octanol–water partition coefficient (Wildman–Crippen LogP) is 5.75. The fraction of sp³-hybridized carbons (Fsp3) is 0.160. The van der Waals surface area contributed by atoms with E-state index in [9.17, 15) is 14.0 Å². The van der Waals surface area contributed by atoms with Gasteiger partial charge in [-0.25, -0.2) is 9.82 Å². The molecule has 0 spiro atoms. The molecule has 0 radical (unpaired) electrons. The van der Waals surface area contributed by atoms with Crippen molar-refractivity contribution in [3.8, 4) is 11.5 Å². The second-order valence-electron chi connectivity index (χ2n) is 7.34. The van der Waals surface area contributed by atoms with Crippen LogP contribution in [0.3, 0.4) is 0 Å². The average molecular weight is 597 g/mol. The van der Waals surface area contributed by atoms with Crippen LogP contribution in [0.4, 0.5) is 4.39 Å². The highest BCUT2D eigenvalue weighted by Gasteiger charge is 2.13. The zero-order valence-electron chi connectivity index (χ0n) is 19.0. The van der Waals surface area contributed by atoms with Gasteiger partial charge in [0.2, 0.25) is 5.91 Å². The summed E-state index contributed by atoms with van der Waals surface area (Å²) in [5.74, 6) is -0.739. The molecular formula is C25H21BrCl2FN3O4. The molecule has 0 aliphatic carbocycles. The van der Waals surface area contributed by atoms with E-state index in [2.05, 4.69) is 31.8 Å². The van der Waals surface area contributed by atoms with E-state index in [1.165, 1.54) is 31.5 Å². The zero-order valence-corrected chi connectivity index (χ0v) is 22.1. The Morgan fingerprint density at radius 2 is 1.92 bits per heavy atom. The lowest BCUT2D eigenvalue weighted by Crippen LogP contribution is -2.29. The first-order chi connectivity index (χ1) is 17.3. The van der Waals surface area contributed by atoms with Gasteiger partial charge in [0.1, 0.15) is 12.4 Å². The van der Waals surface area contributed by atoms with Crippen LogP contribution in [0.2, 0.25) is 10.0 Å². The summed E-state index contributed by atoms with van der Waals surface area (Å²) < 4.78 is 25.6. The molecule has 0 atom stereocenters. The number of carbonyl (C=O) groups excluding carboxylic acids is 2. The molecule has 2 N–H and O–H groups in total. The number of hydrogen-bond donors (Lipinski definition) is 2. The molecule has 3 aromatic carbocycles. The van der Waals surface area contributed by atoms with E-state index < -0.39 is 17.6 Å². The number of nitrogens with one attached hydrogen (secondary N) is 2.